The molecule has 2 unspecified atom stereocenters. The lowest BCUT2D eigenvalue weighted by molar-refractivity contribution is -0.0817. The average Bonchev–Trinajstić information content (AvgIpc) is 3.54. The zero-order chi connectivity index (χ0) is 22.5. The SMILES string of the molecule is CCNC(=NCc1ccc(Cn2cnc3ccccc32)cc1)N1CCOC(C2CCCO2)C1.I. The predicted molar refractivity (Wildman–Crippen MR) is 146 cm³/mol. The van der Waals surface area contributed by atoms with Gasteiger partial charge in [0.2, 0.25) is 0 Å². The maximum Gasteiger partial charge on any atom is 0.194 e. The standard InChI is InChI=1S/C26H33N5O2.HI/c1-2-27-26(30-13-15-33-25(18-30)24-8-5-14-32-24)28-16-20-9-11-21(12-10-20)17-31-19-29-22-6-3-4-7-23(22)31;/h3-4,6-7,9-12,19,24-25H,2,5,8,13-18H2,1H3,(H,27,28);1H. The van der Waals surface area contributed by atoms with Gasteiger partial charge in [0.1, 0.15) is 6.10 Å². The van der Waals surface area contributed by atoms with Gasteiger partial charge in [-0.15, -0.1) is 24.0 Å². The molecule has 182 valence electrons. The summed E-state index contributed by atoms with van der Waals surface area (Å²) in [5, 5.41) is 3.46. The molecule has 2 atom stereocenters. The first-order chi connectivity index (χ1) is 16.3. The number of aromatic nitrogens is 2. The first-order valence-electron chi connectivity index (χ1n) is 12.0. The van der Waals surface area contributed by atoms with Crippen molar-refractivity contribution in [3.8, 4) is 0 Å². The minimum atomic E-state index is 0. The van der Waals surface area contributed by atoms with E-state index in [2.05, 4.69) is 63.1 Å². The van der Waals surface area contributed by atoms with Crippen LogP contribution in [-0.4, -0.2) is 65.5 Å². The predicted octanol–water partition coefficient (Wildman–Crippen LogP) is 4.05. The quantitative estimate of drug-likeness (QED) is 0.273. The van der Waals surface area contributed by atoms with Gasteiger partial charge in [0.15, 0.2) is 5.96 Å². The van der Waals surface area contributed by atoms with Crippen molar-refractivity contribution in [2.24, 2.45) is 4.99 Å². The second kappa shape index (κ2) is 12.0. The lowest BCUT2D eigenvalue weighted by Gasteiger charge is -2.37. The van der Waals surface area contributed by atoms with Gasteiger partial charge in [-0.1, -0.05) is 36.4 Å². The maximum atomic E-state index is 6.01. The van der Waals surface area contributed by atoms with Gasteiger partial charge in [0.25, 0.3) is 0 Å². The molecule has 34 heavy (non-hydrogen) atoms. The molecule has 2 aromatic carbocycles. The maximum absolute atomic E-state index is 6.01. The van der Waals surface area contributed by atoms with Crippen LogP contribution in [0, 0.1) is 0 Å². The topological polar surface area (TPSA) is 63.9 Å². The molecular formula is C26H34IN5O2. The number of morpholine rings is 1. The molecule has 3 heterocycles. The third kappa shape index (κ3) is 5.90. The molecule has 0 radical (unpaired) electrons. The summed E-state index contributed by atoms with van der Waals surface area (Å²) in [5.74, 6) is 0.956. The lowest BCUT2D eigenvalue weighted by atomic mass is 10.1. The number of halogens is 1. The summed E-state index contributed by atoms with van der Waals surface area (Å²) in [6.07, 6.45) is 4.48. The fourth-order valence-electron chi connectivity index (χ4n) is 4.66. The van der Waals surface area contributed by atoms with Crippen LogP contribution >= 0.6 is 24.0 Å². The summed E-state index contributed by atoms with van der Waals surface area (Å²) in [6.45, 7) is 7.67. The van der Waals surface area contributed by atoms with Gasteiger partial charge in [-0.05, 0) is 43.0 Å². The summed E-state index contributed by atoms with van der Waals surface area (Å²) in [6, 6.07) is 17.0. The number of fused-ring (bicyclic) bond motifs is 1. The Balaban J connectivity index is 0.00000274. The zero-order valence-corrected chi connectivity index (χ0v) is 22.1. The second-order valence-corrected chi connectivity index (χ2v) is 8.75. The first-order valence-corrected chi connectivity index (χ1v) is 12.0. The molecule has 2 fully saturated rings. The van der Waals surface area contributed by atoms with Crippen LogP contribution < -0.4 is 5.32 Å². The van der Waals surface area contributed by atoms with E-state index in [1.807, 2.05) is 18.5 Å². The molecule has 2 aliphatic heterocycles. The Hall–Kier alpha value is -2.17. The van der Waals surface area contributed by atoms with Crippen LogP contribution in [0.15, 0.2) is 59.9 Å². The Kier molecular flexibility index (Phi) is 8.80. The molecule has 2 saturated heterocycles. The van der Waals surface area contributed by atoms with E-state index in [9.17, 15) is 0 Å². The molecular weight excluding hydrogens is 541 g/mol. The smallest absolute Gasteiger partial charge is 0.194 e. The summed E-state index contributed by atoms with van der Waals surface area (Å²) in [4.78, 5) is 11.7. The molecule has 5 rings (SSSR count). The van der Waals surface area contributed by atoms with Gasteiger partial charge < -0.3 is 24.3 Å². The molecule has 1 aromatic heterocycles. The van der Waals surface area contributed by atoms with Crippen LogP contribution in [0.1, 0.15) is 30.9 Å². The van der Waals surface area contributed by atoms with Crippen LogP contribution in [0.4, 0.5) is 0 Å². The number of hydrogen-bond donors (Lipinski definition) is 1. The third-order valence-electron chi connectivity index (χ3n) is 6.42. The van der Waals surface area contributed by atoms with Crippen LogP contribution in [0.25, 0.3) is 11.0 Å². The van der Waals surface area contributed by atoms with Gasteiger partial charge in [0.05, 0.1) is 36.6 Å². The minimum Gasteiger partial charge on any atom is -0.375 e. The zero-order valence-electron chi connectivity index (χ0n) is 19.7. The monoisotopic (exact) mass is 575 g/mol. The fraction of sp³-hybridized carbons (Fsp3) is 0.462. The van der Waals surface area contributed by atoms with Crippen molar-refractivity contribution >= 4 is 41.0 Å². The van der Waals surface area contributed by atoms with E-state index in [-0.39, 0.29) is 36.2 Å². The highest BCUT2D eigenvalue weighted by atomic mass is 127. The highest BCUT2D eigenvalue weighted by Crippen LogP contribution is 2.21. The minimum absolute atomic E-state index is 0. The van der Waals surface area contributed by atoms with Crippen molar-refractivity contribution in [2.75, 3.05) is 32.8 Å². The molecule has 0 spiro atoms. The average molecular weight is 575 g/mol. The number of nitrogens with zero attached hydrogens (tertiary/aromatic N) is 4. The number of aliphatic imine (C=N–C) groups is 1. The molecule has 7 nitrogen and oxygen atoms in total. The summed E-state index contributed by atoms with van der Waals surface area (Å²) in [7, 11) is 0. The molecule has 0 aliphatic carbocycles. The van der Waals surface area contributed by atoms with Gasteiger partial charge in [-0.3, -0.25) is 0 Å². The second-order valence-electron chi connectivity index (χ2n) is 8.75. The number of nitrogens with one attached hydrogen (secondary N) is 1. The van der Waals surface area contributed by atoms with E-state index in [1.54, 1.807) is 0 Å². The molecule has 2 aliphatic rings. The van der Waals surface area contributed by atoms with E-state index < -0.39 is 0 Å². The Bertz CT molecular complexity index is 1080. The summed E-state index contributed by atoms with van der Waals surface area (Å²) < 4.78 is 14.1. The highest BCUT2D eigenvalue weighted by molar-refractivity contribution is 14.0. The highest BCUT2D eigenvalue weighted by Gasteiger charge is 2.32. The molecule has 0 bridgehead atoms. The van der Waals surface area contributed by atoms with Crippen molar-refractivity contribution in [3.63, 3.8) is 0 Å². The Labute approximate surface area is 218 Å². The summed E-state index contributed by atoms with van der Waals surface area (Å²) >= 11 is 0. The van der Waals surface area contributed by atoms with Gasteiger partial charge in [0, 0.05) is 32.8 Å². The Morgan fingerprint density at radius 2 is 1.85 bits per heavy atom. The van der Waals surface area contributed by atoms with Crippen molar-refractivity contribution in [1.29, 1.82) is 0 Å². The number of ether oxygens (including phenoxy) is 2. The van der Waals surface area contributed by atoms with Crippen LogP contribution in [0.5, 0.6) is 0 Å². The van der Waals surface area contributed by atoms with Crippen molar-refractivity contribution in [2.45, 2.75) is 45.1 Å². The molecule has 0 saturated carbocycles. The number of para-hydroxylation sites is 2. The van der Waals surface area contributed by atoms with Crippen molar-refractivity contribution < 1.29 is 9.47 Å². The fourth-order valence-corrected chi connectivity index (χ4v) is 4.66. The van der Waals surface area contributed by atoms with Gasteiger partial charge in [-0.25, -0.2) is 9.98 Å². The van der Waals surface area contributed by atoms with Crippen LogP contribution in [0.2, 0.25) is 0 Å². The molecule has 1 N–H and O–H groups in total. The largest absolute Gasteiger partial charge is 0.375 e. The van der Waals surface area contributed by atoms with E-state index >= 15 is 0 Å². The molecule has 3 aromatic rings. The third-order valence-corrected chi connectivity index (χ3v) is 6.42. The van der Waals surface area contributed by atoms with Crippen LogP contribution in [-0.2, 0) is 22.6 Å². The number of guanidine groups is 1. The van der Waals surface area contributed by atoms with E-state index in [0.29, 0.717) is 13.2 Å². The van der Waals surface area contributed by atoms with Gasteiger partial charge in [-0.2, -0.15) is 0 Å². The first kappa shape index (κ1) is 24.9. The van der Waals surface area contributed by atoms with Crippen LogP contribution in [0.3, 0.4) is 0 Å². The number of benzene rings is 2. The van der Waals surface area contributed by atoms with Crippen molar-refractivity contribution in [1.82, 2.24) is 19.8 Å². The van der Waals surface area contributed by atoms with E-state index in [0.717, 1.165) is 62.6 Å². The molecule has 0 amide bonds. The van der Waals surface area contributed by atoms with Gasteiger partial charge >= 0.3 is 0 Å². The summed E-state index contributed by atoms with van der Waals surface area (Å²) in [5.41, 5.74) is 4.65. The van der Waals surface area contributed by atoms with Crippen molar-refractivity contribution in [3.05, 3.63) is 66.0 Å². The Morgan fingerprint density at radius 1 is 1.06 bits per heavy atom. The number of imidazole rings is 1. The normalized spacial score (nSPS) is 21.0. The van der Waals surface area contributed by atoms with E-state index in [1.165, 1.54) is 11.1 Å². The number of hydrogen-bond acceptors (Lipinski definition) is 4. The Morgan fingerprint density at radius 3 is 2.65 bits per heavy atom. The molecule has 8 heteroatoms. The lowest BCUT2D eigenvalue weighted by Crippen LogP contribution is -2.53. The van der Waals surface area contributed by atoms with E-state index in [4.69, 9.17) is 14.5 Å². The number of rotatable bonds is 6.